The quantitative estimate of drug-likeness (QED) is 0.706. The lowest BCUT2D eigenvalue weighted by atomic mass is 10.2. The Bertz CT molecular complexity index is 761. The monoisotopic (exact) mass is 310 g/mol. The van der Waals surface area contributed by atoms with Gasteiger partial charge in [0, 0.05) is 24.0 Å². The second kappa shape index (κ2) is 6.62. The fraction of sp³-hybridized carbons (Fsp3) is 0.167. The van der Waals surface area contributed by atoms with Gasteiger partial charge in [-0.05, 0) is 42.9 Å². The minimum Gasteiger partial charge on any atom is -0.461 e. The summed E-state index contributed by atoms with van der Waals surface area (Å²) in [5, 5.41) is 8.19. The molecule has 0 aliphatic heterocycles. The van der Waals surface area contributed by atoms with Crippen LogP contribution in [0.5, 0.6) is 0 Å². The Balaban J connectivity index is 1.52. The molecule has 2 N–H and O–H groups in total. The van der Waals surface area contributed by atoms with Crippen molar-refractivity contribution in [3.8, 4) is 0 Å². The van der Waals surface area contributed by atoms with Crippen LogP contribution in [0.1, 0.15) is 11.3 Å². The largest absolute Gasteiger partial charge is 0.461 e. The second-order valence-electron chi connectivity index (χ2n) is 5.20. The van der Waals surface area contributed by atoms with Crippen molar-refractivity contribution in [2.24, 2.45) is 0 Å². The molecular weight excluding hydrogens is 292 g/mol. The topological polar surface area (TPSA) is 37.2 Å². The maximum absolute atomic E-state index is 5.78. The van der Waals surface area contributed by atoms with Crippen LogP contribution in [0.4, 0.5) is 5.69 Å². The van der Waals surface area contributed by atoms with Crippen molar-refractivity contribution in [2.75, 3.05) is 11.9 Å². The first kappa shape index (κ1) is 14.6. The zero-order valence-electron chi connectivity index (χ0n) is 12.4. The third kappa shape index (κ3) is 3.46. The average molecular weight is 310 g/mol. The number of para-hydroxylation sites is 2. The van der Waals surface area contributed by atoms with E-state index in [1.807, 2.05) is 36.4 Å². The molecule has 3 rings (SSSR count). The Morgan fingerprint density at radius 2 is 1.86 bits per heavy atom. The van der Waals surface area contributed by atoms with Crippen molar-refractivity contribution in [3.63, 3.8) is 0 Å². The van der Waals surface area contributed by atoms with Gasteiger partial charge in [-0.25, -0.2) is 0 Å². The number of thiocarbonyl (C=S) groups is 1. The highest BCUT2D eigenvalue weighted by molar-refractivity contribution is 7.80. The maximum atomic E-state index is 5.78. The van der Waals surface area contributed by atoms with Crippen molar-refractivity contribution < 1.29 is 4.42 Å². The summed E-state index contributed by atoms with van der Waals surface area (Å²) in [6.45, 7) is 2.79. The number of rotatable bonds is 4. The first-order valence-corrected chi connectivity index (χ1v) is 7.71. The zero-order chi connectivity index (χ0) is 15.4. The molecule has 2 aromatic carbocycles. The average Bonchev–Trinajstić information content (AvgIpc) is 2.92. The number of hydrogen-bond acceptors (Lipinski definition) is 2. The molecule has 0 aliphatic carbocycles. The minimum absolute atomic E-state index is 0.630. The highest BCUT2D eigenvalue weighted by Crippen LogP contribution is 2.18. The summed E-state index contributed by atoms with van der Waals surface area (Å²) in [7, 11) is 0. The number of aryl methyl sites for hydroxylation is 1. The summed E-state index contributed by atoms with van der Waals surface area (Å²) in [6, 6.07) is 18.2. The number of nitrogens with one attached hydrogen (secondary N) is 2. The summed E-state index contributed by atoms with van der Waals surface area (Å²) in [5.74, 6) is 0.965. The molecule has 0 unspecified atom stereocenters. The Morgan fingerprint density at radius 3 is 2.68 bits per heavy atom. The lowest BCUT2D eigenvalue weighted by molar-refractivity contribution is 0.546. The van der Waals surface area contributed by atoms with Crippen LogP contribution < -0.4 is 10.6 Å². The van der Waals surface area contributed by atoms with Crippen molar-refractivity contribution in [1.29, 1.82) is 0 Å². The van der Waals surface area contributed by atoms with Crippen molar-refractivity contribution in [1.82, 2.24) is 5.32 Å². The van der Waals surface area contributed by atoms with Crippen LogP contribution in [0.15, 0.2) is 59.0 Å². The van der Waals surface area contributed by atoms with Crippen LogP contribution in [0.2, 0.25) is 0 Å². The van der Waals surface area contributed by atoms with Crippen LogP contribution in [0.3, 0.4) is 0 Å². The molecule has 0 radical (unpaired) electrons. The van der Waals surface area contributed by atoms with Crippen LogP contribution in [-0.2, 0) is 6.42 Å². The molecule has 112 valence electrons. The molecule has 0 bridgehead atoms. The standard InChI is InChI=1S/C18H18N2OS/c1-13-6-2-4-8-16(13)20-18(22)19-11-10-15-12-14-7-3-5-9-17(14)21-15/h2-9,12H,10-11H2,1H3,(H2,19,20,22). The lowest BCUT2D eigenvalue weighted by Gasteiger charge is -2.11. The van der Waals surface area contributed by atoms with Gasteiger partial charge in [-0.3, -0.25) is 0 Å². The van der Waals surface area contributed by atoms with Gasteiger partial charge in [-0.2, -0.15) is 0 Å². The maximum Gasteiger partial charge on any atom is 0.170 e. The fourth-order valence-corrected chi connectivity index (χ4v) is 2.55. The summed E-state index contributed by atoms with van der Waals surface area (Å²) in [6.07, 6.45) is 0.796. The third-order valence-electron chi connectivity index (χ3n) is 3.53. The highest BCUT2D eigenvalue weighted by Gasteiger charge is 2.04. The van der Waals surface area contributed by atoms with Gasteiger partial charge < -0.3 is 15.1 Å². The lowest BCUT2D eigenvalue weighted by Crippen LogP contribution is -2.30. The SMILES string of the molecule is Cc1ccccc1NC(=S)NCCc1cc2ccccc2o1. The molecule has 0 amide bonds. The van der Waals surface area contributed by atoms with Crippen molar-refractivity contribution in [2.45, 2.75) is 13.3 Å². The molecule has 4 heteroatoms. The summed E-state index contributed by atoms with van der Waals surface area (Å²) >= 11 is 5.32. The zero-order valence-corrected chi connectivity index (χ0v) is 13.2. The molecule has 0 saturated heterocycles. The van der Waals surface area contributed by atoms with E-state index >= 15 is 0 Å². The highest BCUT2D eigenvalue weighted by atomic mass is 32.1. The minimum atomic E-state index is 0.630. The normalized spacial score (nSPS) is 10.6. The number of furan rings is 1. The first-order chi connectivity index (χ1) is 10.7. The third-order valence-corrected chi connectivity index (χ3v) is 3.77. The molecule has 3 aromatic rings. The molecule has 1 aromatic heterocycles. The Hall–Kier alpha value is -2.33. The number of hydrogen-bond donors (Lipinski definition) is 2. The number of anilines is 1. The molecular formula is C18H18N2OS. The van der Waals surface area contributed by atoms with Gasteiger partial charge in [-0.1, -0.05) is 36.4 Å². The second-order valence-corrected chi connectivity index (χ2v) is 5.60. The molecule has 22 heavy (non-hydrogen) atoms. The molecule has 3 nitrogen and oxygen atoms in total. The Kier molecular flexibility index (Phi) is 4.39. The van der Waals surface area contributed by atoms with E-state index in [4.69, 9.17) is 16.6 Å². The number of fused-ring (bicyclic) bond motifs is 1. The molecule has 0 fully saturated rings. The Labute approximate surface area is 135 Å². The Morgan fingerprint density at radius 1 is 1.09 bits per heavy atom. The van der Waals surface area contributed by atoms with E-state index in [0.29, 0.717) is 5.11 Å². The van der Waals surface area contributed by atoms with E-state index in [9.17, 15) is 0 Å². The van der Waals surface area contributed by atoms with Crippen molar-refractivity contribution in [3.05, 3.63) is 65.9 Å². The van der Waals surface area contributed by atoms with Gasteiger partial charge in [0.15, 0.2) is 5.11 Å². The molecule has 0 spiro atoms. The fourth-order valence-electron chi connectivity index (χ4n) is 2.34. The van der Waals surface area contributed by atoms with E-state index in [2.05, 4.69) is 35.8 Å². The summed E-state index contributed by atoms with van der Waals surface area (Å²) in [5.41, 5.74) is 3.13. The van der Waals surface area contributed by atoms with Gasteiger partial charge in [-0.15, -0.1) is 0 Å². The van der Waals surface area contributed by atoms with Crippen LogP contribution >= 0.6 is 12.2 Å². The van der Waals surface area contributed by atoms with Gasteiger partial charge >= 0.3 is 0 Å². The molecule has 0 saturated carbocycles. The number of benzene rings is 2. The predicted molar refractivity (Wildman–Crippen MR) is 95.3 cm³/mol. The van der Waals surface area contributed by atoms with Crippen LogP contribution in [0, 0.1) is 6.92 Å². The van der Waals surface area contributed by atoms with Crippen LogP contribution in [0.25, 0.3) is 11.0 Å². The van der Waals surface area contributed by atoms with Crippen LogP contribution in [-0.4, -0.2) is 11.7 Å². The molecule has 1 heterocycles. The van der Waals surface area contributed by atoms with E-state index in [-0.39, 0.29) is 0 Å². The van der Waals surface area contributed by atoms with Crippen molar-refractivity contribution >= 4 is 34.0 Å². The molecule has 0 atom stereocenters. The van der Waals surface area contributed by atoms with E-state index < -0.39 is 0 Å². The van der Waals surface area contributed by atoms with Gasteiger partial charge in [0.2, 0.25) is 0 Å². The summed E-state index contributed by atoms with van der Waals surface area (Å²) in [4.78, 5) is 0. The smallest absolute Gasteiger partial charge is 0.170 e. The van der Waals surface area contributed by atoms with E-state index in [1.165, 1.54) is 5.56 Å². The van der Waals surface area contributed by atoms with Gasteiger partial charge in [0.25, 0.3) is 0 Å². The van der Waals surface area contributed by atoms with Gasteiger partial charge in [0.05, 0.1) is 0 Å². The first-order valence-electron chi connectivity index (χ1n) is 7.30. The summed E-state index contributed by atoms with van der Waals surface area (Å²) < 4.78 is 5.78. The van der Waals surface area contributed by atoms with Gasteiger partial charge in [0.1, 0.15) is 11.3 Å². The van der Waals surface area contributed by atoms with E-state index in [1.54, 1.807) is 0 Å². The predicted octanol–water partition coefficient (Wildman–Crippen LogP) is 4.27. The molecule has 0 aliphatic rings. The van der Waals surface area contributed by atoms with E-state index in [0.717, 1.165) is 35.4 Å².